The molecule has 0 spiro atoms. The van der Waals surface area contributed by atoms with Crippen molar-refractivity contribution in [3.63, 3.8) is 0 Å². The van der Waals surface area contributed by atoms with Crippen molar-refractivity contribution >= 4 is 0 Å². The lowest BCUT2D eigenvalue weighted by molar-refractivity contribution is 0.251. The summed E-state index contributed by atoms with van der Waals surface area (Å²) in [6.45, 7) is 9.81. The van der Waals surface area contributed by atoms with Gasteiger partial charge in [-0.15, -0.1) is 6.42 Å². The molecule has 1 saturated heterocycles. The van der Waals surface area contributed by atoms with Crippen LogP contribution < -0.4 is 5.32 Å². The van der Waals surface area contributed by atoms with Crippen molar-refractivity contribution in [1.82, 2.24) is 10.2 Å². The third kappa shape index (κ3) is 3.02. The Morgan fingerprint density at radius 2 is 2.31 bits per heavy atom. The Kier molecular flexibility index (Phi) is 4.27. The molecule has 0 aromatic rings. The average Bonchev–Trinajstić information content (AvgIpc) is 2.51. The maximum Gasteiger partial charge on any atom is 0.0598 e. The smallest absolute Gasteiger partial charge is 0.0598 e. The summed E-state index contributed by atoms with van der Waals surface area (Å²) in [6.07, 6.45) is 5.31. The second kappa shape index (κ2) is 5.26. The zero-order chi connectivity index (χ0) is 9.68. The molecular formula is C11H20N2. The summed E-state index contributed by atoms with van der Waals surface area (Å²) in [7, 11) is 0. The summed E-state index contributed by atoms with van der Waals surface area (Å²) < 4.78 is 0. The molecule has 0 aromatic carbocycles. The fourth-order valence-corrected chi connectivity index (χ4v) is 1.87. The van der Waals surface area contributed by atoms with E-state index in [0.717, 1.165) is 44.6 Å². The van der Waals surface area contributed by atoms with Crippen molar-refractivity contribution in [2.75, 3.05) is 32.7 Å². The van der Waals surface area contributed by atoms with Gasteiger partial charge < -0.3 is 5.32 Å². The lowest BCUT2D eigenvalue weighted by Crippen LogP contribution is -2.32. The molecule has 1 N–H and O–H groups in total. The molecule has 0 amide bonds. The van der Waals surface area contributed by atoms with Gasteiger partial charge in [0.15, 0.2) is 0 Å². The van der Waals surface area contributed by atoms with Crippen molar-refractivity contribution in [3.8, 4) is 12.3 Å². The van der Waals surface area contributed by atoms with E-state index in [9.17, 15) is 0 Å². The van der Waals surface area contributed by atoms with Gasteiger partial charge in [0, 0.05) is 6.54 Å². The summed E-state index contributed by atoms with van der Waals surface area (Å²) in [5.74, 6) is 4.30. The Morgan fingerprint density at radius 3 is 2.77 bits per heavy atom. The van der Waals surface area contributed by atoms with Crippen LogP contribution in [0.25, 0.3) is 0 Å². The van der Waals surface area contributed by atoms with Gasteiger partial charge in [0.1, 0.15) is 0 Å². The standard InChI is InChI=1S/C11H20N2/c1-4-6-13(5-2)9-11-8-12-7-10(11)3/h1,10-12H,5-9H2,2-3H3. The second-order valence-electron chi connectivity index (χ2n) is 3.93. The molecule has 0 aliphatic carbocycles. The van der Waals surface area contributed by atoms with Crippen LogP contribution in [-0.4, -0.2) is 37.6 Å². The summed E-state index contributed by atoms with van der Waals surface area (Å²) in [6, 6.07) is 0. The van der Waals surface area contributed by atoms with E-state index < -0.39 is 0 Å². The highest BCUT2D eigenvalue weighted by molar-refractivity contribution is 4.89. The van der Waals surface area contributed by atoms with Gasteiger partial charge in [0.2, 0.25) is 0 Å². The van der Waals surface area contributed by atoms with Crippen molar-refractivity contribution in [3.05, 3.63) is 0 Å². The Bertz CT molecular complexity index is 183. The number of hydrogen-bond donors (Lipinski definition) is 1. The lowest BCUT2D eigenvalue weighted by atomic mass is 9.97. The second-order valence-corrected chi connectivity index (χ2v) is 3.93. The van der Waals surface area contributed by atoms with Crippen molar-refractivity contribution in [2.45, 2.75) is 13.8 Å². The monoisotopic (exact) mass is 180 g/mol. The Morgan fingerprint density at radius 1 is 1.54 bits per heavy atom. The van der Waals surface area contributed by atoms with Crippen LogP contribution in [0.2, 0.25) is 0 Å². The van der Waals surface area contributed by atoms with E-state index >= 15 is 0 Å². The van der Waals surface area contributed by atoms with Gasteiger partial charge in [0.25, 0.3) is 0 Å². The molecule has 0 aromatic heterocycles. The molecule has 1 rings (SSSR count). The first-order valence-corrected chi connectivity index (χ1v) is 5.14. The Balaban J connectivity index is 2.32. The molecule has 2 atom stereocenters. The first-order valence-electron chi connectivity index (χ1n) is 5.14. The number of nitrogens with one attached hydrogen (secondary N) is 1. The Labute approximate surface area is 81.7 Å². The maximum atomic E-state index is 5.31. The lowest BCUT2D eigenvalue weighted by Gasteiger charge is -2.23. The number of rotatable bonds is 4. The van der Waals surface area contributed by atoms with E-state index in [1.54, 1.807) is 0 Å². The molecular weight excluding hydrogens is 160 g/mol. The first-order chi connectivity index (χ1) is 6.27. The van der Waals surface area contributed by atoms with Gasteiger partial charge in [-0.25, -0.2) is 0 Å². The van der Waals surface area contributed by atoms with Gasteiger partial charge in [-0.3, -0.25) is 4.90 Å². The summed E-state index contributed by atoms with van der Waals surface area (Å²) in [5.41, 5.74) is 0. The van der Waals surface area contributed by atoms with E-state index in [1.165, 1.54) is 0 Å². The van der Waals surface area contributed by atoms with Crippen LogP contribution in [0.15, 0.2) is 0 Å². The topological polar surface area (TPSA) is 15.3 Å². The van der Waals surface area contributed by atoms with E-state index in [4.69, 9.17) is 6.42 Å². The fraction of sp³-hybridized carbons (Fsp3) is 0.818. The predicted octanol–water partition coefficient (Wildman–Crippen LogP) is 0.797. The largest absolute Gasteiger partial charge is 0.316 e. The summed E-state index contributed by atoms with van der Waals surface area (Å²) >= 11 is 0. The third-order valence-electron chi connectivity index (χ3n) is 2.93. The highest BCUT2D eigenvalue weighted by Crippen LogP contribution is 2.16. The normalized spacial score (nSPS) is 27.8. The molecule has 2 heteroatoms. The molecule has 74 valence electrons. The minimum absolute atomic E-state index is 0.785. The fourth-order valence-electron chi connectivity index (χ4n) is 1.87. The zero-order valence-corrected chi connectivity index (χ0v) is 8.71. The molecule has 13 heavy (non-hydrogen) atoms. The molecule has 1 fully saturated rings. The van der Waals surface area contributed by atoms with E-state index in [0.29, 0.717) is 0 Å². The van der Waals surface area contributed by atoms with Crippen LogP contribution in [0.5, 0.6) is 0 Å². The van der Waals surface area contributed by atoms with Crippen LogP contribution in [0, 0.1) is 24.2 Å². The Hall–Kier alpha value is -0.520. The SMILES string of the molecule is C#CCN(CC)CC1CNCC1C. The van der Waals surface area contributed by atoms with E-state index in [2.05, 4.69) is 30.0 Å². The van der Waals surface area contributed by atoms with Gasteiger partial charge in [-0.1, -0.05) is 19.8 Å². The van der Waals surface area contributed by atoms with Crippen LogP contribution >= 0.6 is 0 Å². The summed E-state index contributed by atoms with van der Waals surface area (Å²) in [4.78, 5) is 2.34. The van der Waals surface area contributed by atoms with Gasteiger partial charge >= 0.3 is 0 Å². The molecule has 0 bridgehead atoms. The first kappa shape index (κ1) is 10.6. The average molecular weight is 180 g/mol. The molecule has 2 unspecified atom stereocenters. The van der Waals surface area contributed by atoms with Crippen LogP contribution in [0.1, 0.15) is 13.8 Å². The molecule has 1 aliphatic rings. The summed E-state index contributed by atoms with van der Waals surface area (Å²) in [5, 5.41) is 3.42. The molecule has 1 heterocycles. The number of nitrogens with zero attached hydrogens (tertiary/aromatic N) is 1. The van der Waals surface area contributed by atoms with Crippen molar-refractivity contribution in [2.24, 2.45) is 11.8 Å². The van der Waals surface area contributed by atoms with Crippen molar-refractivity contribution in [1.29, 1.82) is 0 Å². The van der Waals surface area contributed by atoms with Crippen LogP contribution in [0.4, 0.5) is 0 Å². The van der Waals surface area contributed by atoms with Gasteiger partial charge in [-0.2, -0.15) is 0 Å². The number of terminal acetylenes is 1. The molecule has 1 aliphatic heterocycles. The molecule has 0 radical (unpaired) electrons. The molecule has 0 saturated carbocycles. The van der Waals surface area contributed by atoms with E-state index in [-0.39, 0.29) is 0 Å². The zero-order valence-electron chi connectivity index (χ0n) is 8.71. The highest BCUT2D eigenvalue weighted by atomic mass is 15.1. The van der Waals surface area contributed by atoms with Crippen LogP contribution in [0.3, 0.4) is 0 Å². The number of hydrogen-bond acceptors (Lipinski definition) is 2. The van der Waals surface area contributed by atoms with Gasteiger partial charge in [0.05, 0.1) is 6.54 Å². The minimum atomic E-state index is 0.785. The maximum absolute atomic E-state index is 5.31. The van der Waals surface area contributed by atoms with Crippen molar-refractivity contribution < 1.29 is 0 Å². The quantitative estimate of drug-likeness (QED) is 0.644. The van der Waals surface area contributed by atoms with Crippen LogP contribution in [-0.2, 0) is 0 Å². The highest BCUT2D eigenvalue weighted by Gasteiger charge is 2.24. The third-order valence-corrected chi connectivity index (χ3v) is 2.93. The predicted molar refractivity (Wildman–Crippen MR) is 56.5 cm³/mol. The van der Waals surface area contributed by atoms with E-state index in [1.807, 2.05) is 0 Å². The van der Waals surface area contributed by atoms with Gasteiger partial charge in [-0.05, 0) is 31.5 Å². The molecule has 2 nitrogen and oxygen atoms in total. The minimum Gasteiger partial charge on any atom is -0.316 e.